The standard InChI is InChI=1S/C15H14N4O8.C4H9NO/c1-16-13-9(5-7(17(22)23)6-10(13)18(24)25)12(8-3-2-4-11(8)20)14(15(16)21)19(26)27;1-3-6-4-2-5-1/h5-6,8,12,21H,2-4H2,1H3;5H,1-4H2. The number of non-ortho nitro benzene ring substituents is 1. The number of nitro groups is 3. The summed E-state index contributed by atoms with van der Waals surface area (Å²) in [6.45, 7) is 3.83. The minimum atomic E-state index is -1.31. The molecule has 14 heteroatoms. The van der Waals surface area contributed by atoms with Gasteiger partial charge in [0.1, 0.15) is 11.5 Å². The van der Waals surface area contributed by atoms with Crippen LogP contribution in [-0.2, 0) is 9.53 Å². The van der Waals surface area contributed by atoms with E-state index in [2.05, 4.69) is 5.32 Å². The van der Waals surface area contributed by atoms with E-state index in [1.807, 2.05) is 0 Å². The average Bonchev–Trinajstić information content (AvgIpc) is 3.21. The Morgan fingerprint density at radius 2 is 1.76 bits per heavy atom. The van der Waals surface area contributed by atoms with Crippen molar-refractivity contribution in [2.45, 2.75) is 25.2 Å². The van der Waals surface area contributed by atoms with Crippen LogP contribution in [-0.4, -0.2) is 59.0 Å². The monoisotopic (exact) mass is 465 g/mol. The molecule has 2 unspecified atom stereocenters. The molecule has 0 bridgehead atoms. The molecule has 1 aliphatic carbocycles. The summed E-state index contributed by atoms with van der Waals surface area (Å²) in [4.78, 5) is 44.9. The van der Waals surface area contributed by atoms with Crippen molar-refractivity contribution in [3.8, 4) is 0 Å². The highest BCUT2D eigenvalue weighted by Gasteiger charge is 2.50. The number of rotatable bonds is 4. The van der Waals surface area contributed by atoms with Crippen LogP contribution in [0.15, 0.2) is 23.7 Å². The van der Waals surface area contributed by atoms with E-state index in [1.54, 1.807) is 0 Å². The average molecular weight is 465 g/mol. The topological polar surface area (TPSA) is 191 Å². The third-order valence-corrected chi connectivity index (χ3v) is 5.82. The molecule has 0 spiro atoms. The largest absolute Gasteiger partial charge is 0.490 e. The van der Waals surface area contributed by atoms with E-state index >= 15 is 0 Å². The number of morpholine rings is 1. The Bertz CT molecular complexity index is 1010. The number of nitrogens with zero attached hydrogens (tertiary/aromatic N) is 4. The van der Waals surface area contributed by atoms with E-state index in [-0.39, 0.29) is 29.9 Å². The van der Waals surface area contributed by atoms with Gasteiger partial charge in [-0.25, -0.2) is 0 Å². The molecule has 4 rings (SSSR count). The lowest BCUT2D eigenvalue weighted by molar-refractivity contribution is -0.434. The first-order valence-electron chi connectivity index (χ1n) is 10.2. The normalized spacial score (nSPS) is 22.3. The number of allylic oxidation sites excluding steroid dienone is 1. The van der Waals surface area contributed by atoms with Crippen LogP contribution in [0, 0.1) is 36.3 Å². The number of nitro benzene ring substituents is 2. The highest BCUT2D eigenvalue weighted by molar-refractivity contribution is 5.86. The van der Waals surface area contributed by atoms with Gasteiger partial charge in [0.25, 0.3) is 17.3 Å². The van der Waals surface area contributed by atoms with Gasteiger partial charge in [-0.05, 0) is 12.8 Å². The summed E-state index contributed by atoms with van der Waals surface area (Å²) in [7, 11) is 1.18. The molecule has 1 saturated heterocycles. The zero-order valence-electron chi connectivity index (χ0n) is 17.8. The number of nitrogens with one attached hydrogen (secondary N) is 1. The van der Waals surface area contributed by atoms with E-state index in [4.69, 9.17) is 4.74 Å². The number of anilines is 1. The van der Waals surface area contributed by atoms with Crippen molar-refractivity contribution in [1.29, 1.82) is 0 Å². The molecule has 178 valence electrons. The molecule has 2 aliphatic heterocycles. The van der Waals surface area contributed by atoms with E-state index in [0.29, 0.717) is 6.42 Å². The van der Waals surface area contributed by atoms with Gasteiger partial charge in [-0.15, -0.1) is 0 Å². The van der Waals surface area contributed by atoms with Crippen molar-refractivity contribution in [3.63, 3.8) is 0 Å². The predicted octanol–water partition coefficient (Wildman–Crippen LogP) is 2.02. The van der Waals surface area contributed by atoms with Crippen LogP contribution in [0.5, 0.6) is 0 Å². The lowest BCUT2D eigenvalue weighted by atomic mass is 9.78. The number of benzene rings is 1. The Hall–Kier alpha value is -3.65. The van der Waals surface area contributed by atoms with Gasteiger partial charge in [0, 0.05) is 44.1 Å². The summed E-state index contributed by atoms with van der Waals surface area (Å²) >= 11 is 0. The Morgan fingerprint density at radius 3 is 2.18 bits per heavy atom. The van der Waals surface area contributed by atoms with Gasteiger partial charge in [0.15, 0.2) is 0 Å². The van der Waals surface area contributed by atoms with Crippen molar-refractivity contribution in [2.75, 3.05) is 38.3 Å². The maximum Gasteiger partial charge on any atom is 0.313 e. The zero-order valence-corrected chi connectivity index (χ0v) is 17.8. The van der Waals surface area contributed by atoms with Gasteiger partial charge in [0.2, 0.25) is 0 Å². The molecule has 0 aromatic heterocycles. The molecular formula is C19H23N5O9. The Balaban J connectivity index is 0.000000442. The highest BCUT2D eigenvalue weighted by Crippen LogP contribution is 2.51. The van der Waals surface area contributed by atoms with Gasteiger partial charge >= 0.3 is 5.70 Å². The maximum atomic E-state index is 12.3. The number of ketones is 1. The molecule has 1 aromatic carbocycles. The van der Waals surface area contributed by atoms with Gasteiger partial charge in [-0.3, -0.25) is 35.1 Å². The van der Waals surface area contributed by atoms with Crippen LogP contribution >= 0.6 is 0 Å². The maximum absolute atomic E-state index is 12.3. The molecule has 1 saturated carbocycles. The molecule has 2 fully saturated rings. The summed E-state index contributed by atoms with van der Waals surface area (Å²) in [5, 5.41) is 47.8. The van der Waals surface area contributed by atoms with E-state index in [1.165, 1.54) is 7.05 Å². The van der Waals surface area contributed by atoms with E-state index in [9.17, 15) is 40.2 Å². The minimum Gasteiger partial charge on any atom is -0.490 e. The first-order chi connectivity index (χ1) is 15.6. The molecular weight excluding hydrogens is 442 g/mol. The number of carbonyl (C=O) groups is 1. The van der Waals surface area contributed by atoms with Crippen LogP contribution in [0.1, 0.15) is 30.7 Å². The number of fused-ring (bicyclic) bond motifs is 1. The molecule has 3 aliphatic rings. The van der Waals surface area contributed by atoms with Crippen molar-refractivity contribution < 1.29 is 29.4 Å². The summed E-state index contributed by atoms with van der Waals surface area (Å²) in [5.74, 6) is -3.30. The van der Waals surface area contributed by atoms with Crippen LogP contribution in [0.3, 0.4) is 0 Å². The SMILES string of the molecule is C1COCCN1.CN1C(O)=C([N+](=O)[O-])C(C2CCCC2=O)c2cc([N+](=O)[O-])cc([N+](=O)[O-])c21. The van der Waals surface area contributed by atoms with Crippen LogP contribution in [0.4, 0.5) is 17.1 Å². The second-order valence-electron chi connectivity index (χ2n) is 7.75. The van der Waals surface area contributed by atoms with Crippen LogP contribution < -0.4 is 10.2 Å². The molecule has 33 heavy (non-hydrogen) atoms. The number of aliphatic hydroxyl groups is 1. The quantitative estimate of drug-likeness (QED) is 0.488. The third kappa shape index (κ3) is 4.75. The molecule has 2 heterocycles. The molecule has 2 N–H and O–H groups in total. The Labute approximate surface area is 187 Å². The molecule has 14 nitrogen and oxygen atoms in total. The number of Topliss-reactive ketones (excluding diaryl/α,β-unsaturated/α-hetero) is 1. The molecule has 0 radical (unpaired) electrons. The number of hydrogen-bond donors (Lipinski definition) is 2. The second-order valence-corrected chi connectivity index (χ2v) is 7.75. The lowest BCUT2D eigenvalue weighted by Crippen LogP contribution is -2.34. The van der Waals surface area contributed by atoms with Crippen molar-refractivity contribution in [2.24, 2.45) is 5.92 Å². The predicted molar refractivity (Wildman–Crippen MR) is 114 cm³/mol. The fraction of sp³-hybridized carbons (Fsp3) is 0.526. The summed E-state index contributed by atoms with van der Waals surface area (Å²) in [6.07, 6.45) is 0.955. The Kier molecular flexibility index (Phi) is 7.18. The summed E-state index contributed by atoms with van der Waals surface area (Å²) in [5.41, 5.74) is -2.26. The lowest BCUT2D eigenvalue weighted by Gasteiger charge is -2.31. The van der Waals surface area contributed by atoms with Gasteiger partial charge in [-0.2, -0.15) is 0 Å². The van der Waals surface area contributed by atoms with E-state index < -0.39 is 49.6 Å². The highest BCUT2D eigenvalue weighted by atomic mass is 16.6. The van der Waals surface area contributed by atoms with Crippen molar-refractivity contribution >= 4 is 22.8 Å². The van der Waals surface area contributed by atoms with Crippen molar-refractivity contribution in [3.05, 3.63) is 59.6 Å². The number of carbonyl (C=O) groups excluding carboxylic acids is 1. The molecule has 2 atom stereocenters. The fourth-order valence-corrected chi connectivity index (χ4v) is 4.35. The van der Waals surface area contributed by atoms with Gasteiger partial charge in [-0.1, -0.05) is 0 Å². The van der Waals surface area contributed by atoms with Crippen LogP contribution in [0.2, 0.25) is 0 Å². The zero-order chi connectivity index (χ0) is 24.3. The fourth-order valence-electron chi connectivity index (χ4n) is 4.35. The number of aliphatic hydroxyl groups excluding tert-OH is 1. The molecule has 1 aromatic rings. The van der Waals surface area contributed by atoms with Gasteiger partial charge in [0.05, 0.1) is 40.0 Å². The van der Waals surface area contributed by atoms with Gasteiger partial charge < -0.3 is 20.1 Å². The van der Waals surface area contributed by atoms with Crippen molar-refractivity contribution in [1.82, 2.24) is 5.32 Å². The first-order valence-corrected chi connectivity index (χ1v) is 10.2. The van der Waals surface area contributed by atoms with E-state index in [0.717, 1.165) is 43.3 Å². The molecule has 0 amide bonds. The second kappa shape index (κ2) is 9.87. The number of ether oxygens (including phenoxy) is 1. The first kappa shape index (κ1) is 24.0. The smallest absolute Gasteiger partial charge is 0.313 e. The summed E-state index contributed by atoms with van der Waals surface area (Å²) in [6, 6.07) is 1.73. The Morgan fingerprint density at radius 1 is 1.09 bits per heavy atom. The summed E-state index contributed by atoms with van der Waals surface area (Å²) < 4.78 is 5.01. The van der Waals surface area contributed by atoms with Crippen LogP contribution in [0.25, 0.3) is 0 Å². The minimum absolute atomic E-state index is 0.0804. The number of hydrogen-bond acceptors (Lipinski definition) is 11. The third-order valence-electron chi connectivity index (χ3n) is 5.82.